The Kier molecular flexibility index (Phi) is 6.86. The Bertz CT molecular complexity index is 527. The number of piperazine rings is 1. The molecule has 1 aromatic rings. The van der Waals surface area contributed by atoms with E-state index in [0.717, 1.165) is 32.6 Å². The fourth-order valence-electron chi connectivity index (χ4n) is 4.14. The Labute approximate surface area is 156 Å². The van der Waals surface area contributed by atoms with E-state index in [4.69, 9.17) is 4.98 Å². The molecule has 2 saturated heterocycles. The summed E-state index contributed by atoms with van der Waals surface area (Å²) in [4.78, 5) is 12.5. The van der Waals surface area contributed by atoms with E-state index in [1.54, 1.807) is 11.3 Å². The molecule has 0 aromatic carbocycles. The minimum atomic E-state index is 0.288. The van der Waals surface area contributed by atoms with E-state index in [1.807, 2.05) is 0 Å². The second-order valence-corrected chi connectivity index (χ2v) is 8.94. The van der Waals surface area contributed by atoms with E-state index in [1.165, 1.54) is 36.6 Å². The van der Waals surface area contributed by atoms with Crippen molar-refractivity contribution in [2.75, 3.05) is 46.4 Å². The van der Waals surface area contributed by atoms with Crippen molar-refractivity contribution in [2.24, 2.45) is 0 Å². The van der Waals surface area contributed by atoms with Gasteiger partial charge in [0.2, 0.25) is 0 Å². The number of aliphatic hydroxyl groups is 1. The van der Waals surface area contributed by atoms with Crippen LogP contribution in [0, 0.1) is 0 Å². The fraction of sp³-hybridized carbons (Fsp3) is 0.842. The summed E-state index contributed by atoms with van der Waals surface area (Å²) in [5, 5.41) is 13.0. The topological polar surface area (TPSA) is 42.8 Å². The van der Waals surface area contributed by atoms with Crippen LogP contribution >= 0.6 is 11.3 Å². The molecule has 0 radical (unpaired) electrons. The van der Waals surface area contributed by atoms with Crippen LogP contribution in [0.1, 0.15) is 49.7 Å². The third-order valence-electron chi connectivity index (χ3n) is 5.75. The average molecular weight is 367 g/mol. The van der Waals surface area contributed by atoms with Gasteiger partial charge in [-0.1, -0.05) is 13.8 Å². The summed E-state index contributed by atoms with van der Waals surface area (Å²) in [7, 11) is 2.22. The van der Waals surface area contributed by atoms with Gasteiger partial charge in [-0.05, 0) is 45.3 Å². The van der Waals surface area contributed by atoms with Gasteiger partial charge in [-0.15, -0.1) is 11.3 Å². The van der Waals surface area contributed by atoms with Crippen LogP contribution in [0.15, 0.2) is 5.38 Å². The van der Waals surface area contributed by atoms with Gasteiger partial charge in [0.1, 0.15) is 5.01 Å². The Balaban J connectivity index is 1.58. The maximum Gasteiger partial charge on any atom is 0.107 e. The van der Waals surface area contributed by atoms with Crippen molar-refractivity contribution < 1.29 is 5.11 Å². The Morgan fingerprint density at radius 2 is 2.00 bits per heavy atom. The van der Waals surface area contributed by atoms with Crippen molar-refractivity contribution in [3.05, 3.63) is 16.1 Å². The number of nitrogens with zero attached hydrogens (tertiary/aromatic N) is 4. The van der Waals surface area contributed by atoms with E-state index in [9.17, 15) is 5.11 Å². The van der Waals surface area contributed by atoms with Gasteiger partial charge >= 0.3 is 0 Å². The second kappa shape index (κ2) is 8.91. The van der Waals surface area contributed by atoms with E-state index < -0.39 is 0 Å². The van der Waals surface area contributed by atoms with Crippen molar-refractivity contribution in [3.63, 3.8) is 0 Å². The highest BCUT2D eigenvalue weighted by atomic mass is 32.1. The maximum absolute atomic E-state index is 9.55. The number of piperidine rings is 1. The van der Waals surface area contributed by atoms with Crippen LogP contribution in [-0.4, -0.2) is 83.3 Å². The van der Waals surface area contributed by atoms with Gasteiger partial charge in [-0.3, -0.25) is 9.80 Å². The molecule has 0 saturated carbocycles. The van der Waals surface area contributed by atoms with Crippen LogP contribution < -0.4 is 0 Å². The first-order chi connectivity index (χ1) is 12.1. The molecular formula is C19H34N4OS. The molecule has 2 aliphatic rings. The number of thiazole rings is 1. The van der Waals surface area contributed by atoms with Gasteiger partial charge < -0.3 is 10.0 Å². The molecular weight excluding hydrogens is 332 g/mol. The summed E-state index contributed by atoms with van der Waals surface area (Å²) in [5.41, 5.74) is 1.22. The summed E-state index contributed by atoms with van der Waals surface area (Å²) in [5.74, 6) is 0.508. The minimum Gasteiger partial charge on any atom is -0.396 e. The number of hydrogen-bond donors (Lipinski definition) is 1. The summed E-state index contributed by atoms with van der Waals surface area (Å²) in [6.45, 7) is 11.4. The molecule has 1 atom stereocenters. The van der Waals surface area contributed by atoms with Crippen LogP contribution in [0.25, 0.3) is 0 Å². The first kappa shape index (κ1) is 19.2. The first-order valence-corrected chi connectivity index (χ1v) is 10.7. The Hall–Kier alpha value is -0.530. The zero-order valence-corrected chi connectivity index (χ0v) is 16.8. The number of rotatable bonds is 6. The summed E-state index contributed by atoms with van der Waals surface area (Å²) < 4.78 is 0. The van der Waals surface area contributed by atoms with Gasteiger partial charge in [0.15, 0.2) is 0 Å². The van der Waals surface area contributed by atoms with Crippen LogP contribution in [0.2, 0.25) is 0 Å². The molecule has 2 aliphatic heterocycles. The standard InChI is InChI=1S/C19H34N4OS/c1-15(2)18-14-25-19(20-18)13-22-9-10-23(17(12-22)6-11-24)16-4-7-21(3)8-5-16/h14-17,24H,4-13H2,1-3H3/t17-/m1/s1. The molecule has 0 amide bonds. The predicted molar refractivity (Wildman–Crippen MR) is 104 cm³/mol. The molecule has 5 nitrogen and oxygen atoms in total. The SMILES string of the molecule is CC(C)c1csc(CN2CCN(C3CCN(C)CC3)[C@H](CCO)C2)n1. The summed E-state index contributed by atoms with van der Waals surface area (Å²) in [6.07, 6.45) is 3.42. The number of aliphatic hydroxyl groups excluding tert-OH is 1. The van der Waals surface area contributed by atoms with Crippen LogP contribution in [0.3, 0.4) is 0 Å². The highest BCUT2D eigenvalue weighted by Crippen LogP contribution is 2.25. The van der Waals surface area contributed by atoms with Gasteiger partial charge in [-0.2, -0.15) is 0 Å². The Morgan fingerprint density at radius 1 is 1.24 bits per heavy atom. The third kappa shape index (κ3) is 5.01. The smallest absolute Gasteiger partial charge is 0.107 e. The number of aromatic nitrogens is 1. The van der Waals surface area contributed by atoms with Crippen molar-refractivity contribution in [3.8, 4) is 0 Å². The van der Waals surface area contributed by atoms with Crippen molar-refractivity contribution in [1.82, 2.24) is 19.7 Å². The van der Waals surface area contributed by atoms with E-state index in [-0.39, 0.29) is 6.61 Å². The third-order valence-corrected chi connectivity index (χ3v) is 6.60. The second-order valence-electron chi connectivity index (χ2n) is 7.99. The Morgan fingerprint density at radius 3 is 2.64 bits per heavy atom. The minimum absolute atomic E-state index is 0.288. The quantitative estimate of drug-likeness (QED) is 0.836. The van der Waals surface area contributed by atoms with Crippen LogP contribution in [-0.2, 0) is 6.54 Å². The molecule has 2 fully saturated rings. The monoisotopic (exact) mass is 366 g/mol. The van der Waals surface area contributed by atoms with Gasteiger partial charge in [0.25, 0.3) is 0 Å². The van der Waals surface area contributed by atoms with Crippen molar-refractivity contribution in [2.45, 2.75) is 57.7 Å². The van der Waals surface area contributed by atoms with Crippen LogP contribution in [0.5, 0.6) is 0 Å². The van der Waals surface area contributed by atoms with E-state index in [2.05, 4.69) is 41.0 Å². The molecule has 1 N–H and O–H groups in total. The molecule has 1 aromatic heterocycles. The predicted octanol–water partition coefficient (Wildman–Crippen LogP) is 2.23. The van der Waals surface area contributed by atoms with Gasteiger partial charge in [-0.25, -0.2) is 4.98 Å². The molecule has 3 heterocycles. The molecule has 0 unspecified atom stereocenters. The average Bonchev–Trinajstić information content (AvgIpc) is 3.05. The van der Waals surface area contributed by atoms with Crippen molar-refractivity contribution >= 4 is 11.3 Å². The lowest BCUT2D eigenvalue weighted by atomic mass is 9.98. The highest BCUT2D eigenvalue weighted by molar-refractivity contribution is 7.09. The van der Waals surface area contributed by atoms with Crippen LogP contribution in [0.4, 0.5) is 0 Å². The molecule has 25 heavy (non-hydrogen) atoms. The molecule has 142 valence electrons. The lowest BCUT2D eigenvalue weighted by Crippen LogP contribution is -2.58. The largest absolute Gasteiger partial charge is 0.396 e. The van der Waals surface area contributed by atoms with Gasteiger partial charge in [0, 0.05) is 43.7 Å². The highest BCUT2D eigenvalue weighted by Gasteiger charge is 2.33. The molecule has 0 spiro atoms. The lowest BCUT2D eigenvalue weighted by molar-refractivity contribution is 0.00597. The summed E-state index contributed by atoms with van der Waals surface area (Å²) >= 11 is 1.79. The van der Waals surface area contributed by atoms with E-state index in [0.29, 0.717) is 18.0 Å². The fourth-order valence-corrected chi connectivity index (χ4v) is 5.14. The first-order valence-electron chi connectivity index (χ1n) is 9.78. The van der Waals surface area contributed by atoms with E-state index >= 15 is 0 Å². The zero-order chi connectivity index (χ0) is 17.8. The lowest BCUT2D eigenvalue weighted by Gasteiger charge is -2.47. The normalized spacial score (nSPS) is 25.1. The zero-order valence-electron chi connectivity index (χ0n) is 16.0. The van der Waals surface area contributed by atoms with Crippen molar-refractivity contribution in [1.29, 1.82) is 0 Å². The van der Waals surface area contributed by atoms with Gasteiger partial charge in [0.05, 0.1) is 12.2 Å². The molecule has 3 rings (SSSR count). The molecule has 6 heteroatoms. The molecule has 0 bridgehead atoms. The summed E-state index contributed by atoms with van der Waals surface area (Å²) in [6, 6.07) is 1.18. The molecule has 0 aliphatic carbocycles. The number of likely N-dealkylation sites (tertiary alicyclic amines) is 1. The number of hydrogen-bond acceptors (Lipinski definition) is 6. The maximum atomic E-state index is 9.55.